The SMILES string of the molecule is CC[C@@H](C)[C@H](NC(=O)[C@H](CC(C)C)NC(=O)c1cnccn1)C(=O)N1C[C@H](OCc2ccccc2)C[C@H]1C(=O)N[C@@H](CC(F)F)C(=O)C(=O)NCC(=O)O. The van der Waals surface area contributed by atoms with Gasteiger partial charge < -0.3 is 36.0 Å². The Morgan fingerprint density at radius 2 is 1.67 bits per heavy atom. The number of aliphatic carboxylic acids is 1. The lowest BCUT2D eigenvalue weighted by Crippen LogP contribution is -2.59. The molecule has 5 N–H and O–H groups in total. The molecule has 0 aliphatic carbocycles. The second-order valence-electron chi connectivity index (χ2n) is 13.4. The smallest absolute Gasteiger partial charge is 0.322 e. The molecule has 18 heteroatoms. The molecule has 0 unspecified atom stereocenters. The van der Waals surface area contributed by atoms with Gasteiger partial charge in [0.1, 0.15) is 36.4 Å². The van der Waals surface area contributed by atoms with Gasteiger partial charge in [0, 0.05) is 31.8 Å². The first-order valence-electron chi connectivity index (χ1n) is 17.6. The average Bonchev–Trinajstić information content (AvgIpc) is 3.58. The highest BCUT2D eigenvalue weighted by Crippen LogP contribution is 2.25. The number of amides is 5. The van der Waals surface area contributed by atoms with Gasteiger partial charge in [0.15, 0.2) is 0 Å². The van der Waals surface area contributed by atoms with Crippen LogP contribution in [0.3, 0.4) is 0 Å². The van der Waals surface area contributed by atoms with Crippen molar-refractivity contribution in [2.75, 3.05) is 13.1 Å². The number of hydrogen-bond acceptors (Lipinski definition) is 10. The molecule has 6 atom stereocenters. The Morgan fingerprint density at radius 1 is 0.963 bits per heavy atom. The van der Waals surface area contributed by atoms with Gasteiger partial charge in [-0.2, -0.15) is 0 Å². The first kappa shape index (κ1) is 43.0. The van der Waals surface area contributed by atoms with Gasteiger partial charge in [0.25, 0.3) is 11.8 Å². The van der Waals surface area contributed by atoms with Gasteiger partial charge in [-0.3, -0.25) is 38.5 Å². The summed E-state index contributed by atoms with van der Waals surface area (Å²) in [6.07, 6.45) is -0.745. The summed E-state index contributed by atoms with van der Waals surface area (Å²) < 4.78 is 33.2. The van der Waals surface area contributed by atoms with Crippen LogP contribution in [0.1, 0.15) is 69.4 Å². The second-order valence-corrected chi connectivity index (χ2v) is 13.4. The molecule has 1 aromatic heterocycles. The van der Waals surface area contributed by atoms with Crippen molar-refractivity contribution in [3.05, 3.63) is 60.2 Å². The van der Waals surface area contributed by atoms with Crippen LogP contribution in [0.4, 0.5) is 8.78 Å². The molecule has 16 nitrogen and oxygen atoms in total. The maximum atomic E-state index is 14.4. The molecular formula is C36H47F2N7O9. The molecule has 5 amide bonds. The Bertz CT molecular complexity index is 1620. The Labute approximate surface area is 311 Å². The standard InChI is InChI=1S/C36H47F2N7O9/c1-5-21(4)30(44-32(49)25(13-20(2)3)43-33(50)26-16-39-11-12-40-26)36(53)45-18-23(54-19-22-9-7-6-8-10-22)14-27(45)34(51)42-24(15-28(37)38)31(48)35(52)41-17-29(46)47/h6-12,16,20-21,23-25,27-28,30H,5,13-15,17-19H2,1-4H3,(H,41,52)(H,42,51)(H,43,50)(H,44,49)(H,46,47)/t21-,23-,24+,25+,27+,30+/m1/s1. The first-order chi connectivity index (χ1) is 25.6. The van der Waals surface area contributed by atoms with Crippen LogP contribution in [0.5, 0.6) is 0 Å². The zero-order valence-corrected chi connectivity index (χ0v) is 30.5. The minimum absolute atomic E-state index is 0.0240. The highest BCUT2D eigenvalue weighted by molar-refractivity contribution is 6.38. The molecule has 1 aliphatic heterocycles. The number of aromatic nitrogens is 2. The minimum Gasteiger partial charge on any atom is -0.480 e. The zero-order chi connectivity index (χ0) is 39.9. The van der Waals surface area contributed by atoms with Gasteiger partial charge in [0.05, 0.1) is 18.9 Å². The van der Waals surface area contributed by atoms with E-state index in [4.69, 9.17) is 9.84 Å². The number of halogens is 2. The summed E-state index contributed by atoms with van der Waals surface area (Å²) in [7, 11) is 0. The summed E-state index contributed by atoms with van der Waals surface area (Å²) >= 11 is 0. The number of nitrogens with zero attached hydrogens (tertiary/aromatic N) is 3. The summed E-state index contributed by atoms with van der Waals surface area (Å²) in [6, 6.07) is 3.27. The monoisotopic (exact) mass is 759 g/mol. The minimum atomic E-state index is -3.15. The van der Waals surface area contributed by atoms with E-state index in [2.05, 4.69) is 25.9 Å². The van der Waals surface area contributed by atoms with E-state index in [9.17, 15) is 42.3 Å². The number of carboxylic acids is 1. The Morgan fingerprint density at radius 3 is 2.26 bits per heavy atom. The summed E-state index contributed by atoms with van der Waals surface area (Å²) in [4.78, 5) is 99.9. The Balaban J connectivity index is 1.90. The van der Waals surface area contributed by atoms with E-state index in [1.807, 2.05) is 32.0 Å². The second kappa shape index (κ2) is 20.7. The number of carbonyl (C=O) groups is 7. The lowest BCUT2D eigenvalue weighted by Gasteiger charge is -2.33. The molecule has 3 rings (SSSR count). The van der Waals surface area contributed by atoms with Crippen LogP contribution in [0.2, 0.25) is 0 Å². The van der Waals surface area contributed by atoms with Crippen LogP contribution in [0, 0.1) is 11.8 Å². The molecular weight excluding hydrogens is 712 g/mol. The van der Waals surface area contributed by atoms with Crippen LogP contribution < -0.4 is 21.3 Å². The fourth-order valence-corrected chi connectivity index (χ4v) is 5.74. The molecule has 1 fully saturated rings. The molecule has 0 spiro atoms. The van der Waals surface area contributed by atoms with Crippen molar-refractivity contribution in [2.45, 2.75) is 96.7 Å². The molecule has 2 heterocycles. The van der Waals surface area contributed by atoms with Gasteiger partial charge in [-0.25, -0.2) is 13.8 Å². The fourth-order valence-electron chi connectivity index (χ4n) is 5.74. The number of benzene rings is 1. The normalized spacial score (nSPS) is 17.6. The average molecular weight is 760 g/mol. The summed E-state index contributed by atoms with van der Waals surface area (Å²) in [5.74, 6) is -8.12. The Kier molecular flexibility index (Phi) is 16.5. The number of hydrogen-bond donors (Lipinski definition) is 5. The van der Waals surface area contributed by atoms with E-state index in [1.165, 1.54) is 18.6 Å². The number of nitrogens with one attached hydrogen (secondary N) is 4. The topological polar surface area (TPSA) is 226 Å². The number of ether oxygens (including phenoxy) is 1. The van der Waals surface area contributed by atoms with Crippen molar-refractivity contribution < 1.29 is 52.2 Å². The summed E-state index contributed by atoms with van der Waals surface area (Å²) in [6.45, 7) is 6.17. The van der Waals surface area contributed by atoms with Gasteiger partial charge in [-0.05, 0) is 23.8 Å². The van der Waals surface area contributed by atoms with Crippen molar-refractivity contribution >= 4 is 41.3 Å². The van der Waals surface area contributed by atoms with E-state index in [-0.39, 0.29) is 37.6 Å². The van der Waals surface area contributed by atoms with Gasteiger partial charge >= 0.3 is 5.97 Å². The maximum Gasteiger partial charge on any atom is 0.322 e. The highest BCUT2D eigenvalue weighted by atomic mass is 19.3. The molecule has 1 aromatic carbocycles. The predicted octanol–water partition coefficient (Wildman–Crippen LogP) is 1.25. The summed E-state index contributed by atoms with van der Waals surface area (Å²) in [5.41, 5.74) is 0.770. The summed E-state index contributed by atoms with van der Waals surface area (Å²) in [5, 5.41) is 18.2. The largest absolute Gasteiger partial charge is 0.480 e. The fraction of sp³-hybridized carbons (Fsp3) is 0.528. The van der Waals surface area contributed by atoms with E-state index >= 15 is 0 Å². The maximum absolute atomic E-state index is 14.4. The lowest BCUT2D eigenvalue weighted by molar-refractivity contribution is -0.145. The first-order valence-corrected chi connectivity index (χ1v) is 17.6. The number of Topliss-reactive ketones (excluding diaryl/α,β-unsaturated/α-hetero) is 1. The third-order valence-electron chi connectivity index (χ3n) is 8.75. The Hall–Kier alpha value is -5.39. The van der Waals surface area contributed by atoms with Crippen molar-refractivity contribution in [1.82, 2.24) is 36.1 Å². The number of ketones is 1. The molecule has 1 saturated heterocycles. The molecule has 54 heavy (non-hydrogen) atoms. The van der Waals surface area contributed by atoms with E-state index in [0.29, 0.717) is 6.42 Å². The highest BCUT2D eigenvalue weighted by Gasteiger charge is 2.45. The molecule has 0 bridgehead atoms. The van der Waals surface area contributed by atoms with Crippen LogP contribution >= 0.6 is 0 Å². The third kappa shape index (κ3) is 12.9. The van der Waals surface area contributed by atoms with Crippen LogP contribution in [-0.4, -0.2) is 111 Å². The van der Waals surface area contributed by atoms with Crippen molar-refractivity contribution in [1.29, 1.82) is 0 Å². The molecule has 2 aromatic rings. The molecule has 0 radical (unpaired) electrons. The quantitative estimate of drug-likeness (QED) is 0.121. The van der Waals surface area contributed by atoms with Crippen molar-refractivity contribution in [3.8, 4) is 0 Å². The molecule has 294 valence electrons. The zero-order valence-electron chi connectivity index (χ0n) is 30.5. The number of carboxylic acid groups (broad SMARTS) is 1. The van der Waals surface area contributed by atoms with E-state index < -0.39 is 96.9 Å². The van der Waals surface area contributed by atoms with Crippen molar-refractivity contribution in [3.63, 3.8) is 0 Å². The van der Waals surface area contributed by atoms with Crippen LogP contribution in [-0.2, 0) is 40.1 Å². The number of alkyl halides is 2. The number of likely N-dealkylation sites (tertiary alicyclic amines) is 1. The molecule has 0 saturated carbocycles. The van der Waals surface area contributed by atoms with Crippen molar-refractivity contribution in [2.24, 2.45) is 11.8 Å². The van der Waals surface area contributed by atoms with Gasteiger partial charge in [-0.15, -0.1) is 0 Å². The lowest BCUT2D eigenvalue weighted by atomic mass is 9.96. The third-order valence-corrected chi connectivity index (χ3v) is 8.75. The van der Waals surface area contributed by atoms with Gasteiger partial charge in [-0.1, -0.05) is 64.4 Å². The number of carbonyl (C=O) groups excluding carboxylic acids is 6. The van der Waals surface area contributed by atoms with Crippen LogP contribution in [0.15, 0.2) is 48.9 Å². The predicted molar refractivity (Wildman–Crippen MR) is 187 cm³/mol. The molecule has 1 aliphatic rings. The van der Waals surface area contributed by atoms with Crippen LogP contribution in [0.25, 0.3) is 0 Å². The van der Waals surface area contributed by atoms with Gasteiger partial charge in [0.2, 0.25) is 29.9 Å². The number of rotatable bonds is 20. The van der Waals surface area contributed by atoms with E-state index in [0.717, 1.165) is 10.5 Å². The van der Waals surface area contributed by atoms with E-state index in [1.54, 1.807) is 31.3 Å².